The SMILES string of the molecule is C=C(Cc1ccccc1)c1ccccc1.C=C/C=C(/C)C(C(C)=N)=C(C)C.CC. The minimum absolute atomic E-state index is 0.616. The molecule has 1 N–H and O–H groups in total. The number of hydrogen-bond acceptors (Lipinski definition) is 1. The maximum atomic E-state index is 7.56. The van der Waals surface area contributed by atoms with Crippen LogP contribution in [0.15, 0.2) is 103 Å². The molecule has 0 saturated heterocycles. The van der Waals surface area contributed by atoms with Crippen molar-refractivity contribution in [1.82, 2.24) is 0 Å². The van der Waals surface area contributed by atoms with E-state index in [1.165, 1.54) is 22.3 Å². The number of hydrogen-bond donors (Lipinski definition) is 1. The molecule has 0 amide bonds. The van der Waals surface area contributed by atoms with Crippen LogP contribution in [-0.4, -0.2) is 5.71 Å². The van der Waals surface area contributed by atoms with Gasteiger partial charge in [0.05, 0.1) is 0 Å². The standard InChI is InChI=1S/C15H14.C11H17N.C2H6/c1-13(15-10-6-3-7-11-15)12-14-8-4-2-5-9-14;1-6-7-9(4)11(8(2)3)10(5)12;1-2/h2-11H,1,12H2;6-7,12H,1H2,2-5H3;1-2H3/b;9-7-,12-10?;. The van der Waals surface area contributed by atoms with Gasteiger partial charge in [-0.25, -0.2) is 0 Å². The van der Waals surface area contributed by atoms with E-state index in [0.29, 0.717) is 5.71 Å². The highest BCUT2D eigenvalue weighted by atomic mass is 14.4. The van der Waals surface area contributed by atoms with Crippen LogP contribution in [0.5, 0.6) is 0 Å². The molecule has 0 heterocycles. The second kappa shape index (κ2) is 15.0. The van der Waals surface area contributed by atoms with Crippen LogP contribution >= 0.6 is 0 Å². The molecule has 0 radical (unpaired) electrons. The summed E-state index contributed by atoms with van der Waals surface area (Å²) in [6, 6.07) is 20.8. The highest BCUT2D eigenvalue weighted by molar-refractivity contribution is 6.00. The van der Waals surface area contributed by atoms with Gasteiger partial charge in [0.2, 0.25) is 0 Å². The van der Waals surface area contributed by atoms with Gasteiger partial charge in [-0.3, -0.25) is 0 Å². The van der Waals surface area contributed by atoms with Crippen molar-refractivity contribution >= 4 is 11.3 Å². The van der Waals surface area contributed by atoms with E-state index in [0.717, 1.165) is 17.6 Å². The minimum Gasteiger partial charge on any atom is -0.305 e. The molecule has 2 aromatic rings. The van der Waals surface area contributed by atoms with Crippen molar-refractivity contribution in [2.45, 2.75) is 48.0 Å². The van der Waals surface area contributed by atoms with Crippen LogP contribution in [0.1, 0.15) is 52.7 Å². The molecule has 0 unspecified atom stereocenters. The van der Waals surface area contributed by atoms with Crippen LogP contribution in [0.4, 0.5) is 0 Å². The lowest BCUT2D eigenvalue weighted by Crippen LogP contribution is -1.99. The first-order valence-corrected chi connectivity index (χ1v) is 10.2. The fourth-order valence-corrected chi connectivity index (χ4v) is 2.94. The maximum Gasteiger partial charge on any atom is 0.0357 e. The third-order valence-electron chi connectivity index (χ3n) is 4.08. The Bertz CT molecular complexity index is 817. The largest absolute Gasteiger partial charge is 0.305 e. The maximum absolute atomic E-state index is 7.56. The van der Waals surface area contributed by atoms with Gasteiger partial charge in [0.15, 0.2) is 0 Å². The summed E-state index contributed by atoms with van der Waals surface area (Å²) in [5.41, 5.74) is 7.64. The zero-order valence-corrected chi connectivity index (χ0v) is 19.0. The van der Waals surface area contributed by atoms with E-state index in [-0.39, 0.29) is 0 Å². The first-order chi connectivity index (χ1) is 13.9. The summed E-state index contributed by atoms with van der Waals surface area (Å²) in [7, 11) is 0. The van der Waals surface area contributed by atoms with Crippen molar-refractivity contribution < 1.29 is 0 Å². The number of allylic oxidation sites excluding steroid dienone is 6. The van der Waals surface area contributed by atoms with Gasteiger partial charge in [-0.1, -0.05) is 105 Å². The van der Waals surface area contributed by atoms with Crippen molar-refractivity contribution in [3.63, 3.8) is 0 Å². The molecule has 0 saturated carbocycles. The van der Waals surface area contributed by atoms with Crippen LogP contribution in [0.25, 0.3) is 5.57 Å². The molecule has 0 spiro atoms. The number of nitrogens with one attached hydrogen (secondary N) is 1. The van der Waals surface area contributed by atoms with Crippen molar-refractivity contribution in [2.75, 3.05) is 0 Å². The molecule has 0 aliphatic rings. The summed E-state index contributed by atoms with van der Waals surface area (Å²) in [5, 5.41) is 7.56. The predicted molar refractivity (Wildman–Crippen MR) is 133 cm³/mol. The van der Waals surface area contributed by atoms with E-state index >= 15 is 0 Å². The van der Waals surface area contributed by atoms with E-state index in [1.54, 1.807) is 6.08 Å². The molecule has 0 aliphatic heterocycles. The lowest BCUT2D eigenvalue weighted by molar-refractivity contribution is 1.28. The van der Waals surface area contributed by atoms with Crippen LogP contribution in [0, 0.1) is 5.41 Å². The monoisotopic (exact) mass is 387 g/mol. The average molecular weight is 388 g/mol. The van der Waals surface area contributed by atoms with Crippen molar-refractivity contribution in [2.24, 2.45) is 0 Å². The van der Waals surface area contributed by atoms with Crippen LogP contribution in [0.3, 0.4) is 0 Å². The van der Waals surface area contributed by atoms with E-state index in [4.69, 9.17) is 5.41 Å². The number of rotatable bonds is 6. The summed E-state index contributed by atoms with van der Waals surface area (Å²) in [6.45, 7) is 19.6. The zero-order chi connectivity index (χ0) is 22.2. The minimum atomic E-state index is 0.616. The molecule has 0 fully saturated rings. The van der Waals surface area contributed by atoms with E-state index < -0.39 is 0 Å². The van der Waals surface area contributed by atoms with Crippen LogP contribution in [0.2, 0.25) is 0 Å². The Morgan fingerprint density at radius 1 is 0.862 bits per heavy atom. The number of benzene rings is 2. The lowest BCUT2D eigenvalue weighted by atomic mass is 9.98. The third kappa shape index (κ3) is 10.3. The van der Waals surface area contributed by atoms with Crippen LogP contribution in [-0.2, 0) is 6.42 Å². The van der Waals surface area contributed by atoms with Gasteiger partial charge in [0.25, 0.3) is 0 Å². The summed E-state index contributed by atoms with van der Waals surface area (Å²) < 4.78 is 0. The fraction of sp³-hybridized carbons (Fsp3) is 0.250. The van der Waals surface area contributed by atoms with E-state index in [1.807, 2.05) is 71.9 Å². The Kier molecular flexibility index (Phi) is 13.5. The Labute approximate surface area is 178 Å². The molecule has 154 valence electrons. The molecule has 29 heavy (non-hydrogen) atoms. The third-order valence-corrected chi connectivity index (χ3v) is 4.08. The molecule has 0 atom stereocenters. The second-order valence-corrected chi connectivity index (χ2v) is 6.72. The molecule has 0 aromatic heterocycles. The van der Waals surface area contributed by atoms with E-state index in [9.17, 15) is 0 Å². The Balaban J connectivity index is 0.000000512. The lowest BCUT2D eigenvalue weighted by Gasteiger charge is -2.07. The molecule has 1 heteroatoms. The molecule has 2 rings (SSSR count). The summed E-state index contributed by atoms with van der Waals surface area (Å²) in [5.74, 6) is 0. The quantitative estimate of drug-likeness (QED) is 0.379. The first-order valence-electron chi connectivity index (χ1n) is 10.2. The zero-order valence-electron chi connectivity index (χ0n) is 19.0. The van der Waals surface area contributed by atoms with Gasteiger partial charge in [-0.15, -0.1) is 0 Å². The summed E-state index contributed by atoms with van der Waals surface area (Å²) >= 11 is 0. The smallest absolute Gasteiger partial charge is 0.0357 e. The highest BCUT2D eigenvalue weighted by Crippen LogP contribution is 2.17. The summed E-state index contributed by atoms with van der Waals surface area (Å²) in [6.07, 6.45) is 4.60. The van der Waals surface area contributed by atoms with Crippen molar-refractivity contribution in [3.05, 3.63) is 114 Å². The Hall–Kier alpha value is -2.93. The van der Waals surface area contributed by atoms with Gasteiger partial charge in [0.1, 0.15) is 0 Å². The molecular weight excluding hydrogens is 350 g/mol. The highest BCUT2D eigenvalue weighted by Gasteiger charge is 2.03. The fourth-order valence-electron chi connectivity index (χ4n) is 2.94. The molecule has 0 aliphatic carbocycles. The Morgan fingerprint density at radius 2 is 1.34 bits per heavy atom. The van der Waals surface area contributed by atoms with Crippen molar-refractivity contribution in [3.8, 4) is 0 Å². The molecule has 0 bridgehead atoms. The predicted octanol–water partition coefficient (Wildman–Crippen LogP) is 8.46. The normalized spacial score (nSPS) is 9.79. The molecule has 1 nitrogen and oxygen atoms in total. The molecule has 2 aromatic carbocycles. The first kappa shape index (κ1) is 26.1. The van der Waals surface area contributed by atoms with Gasteiger partial charge < -0.3 is 5.41 Å². The van der Waals surface area contributed by atoms with Crippen LogP contribution < -0.4 is 0 Å². The van der Waals surface area contributed by atoms with Gasteiger partial charge >= 0.3 is 0 Å². The van der Waals surface area contributed by atoms with Gasteiger partial charge in [-0.2, -0.15) is 0 Å². The average Bonchev–Trinajstić information content (AvgIpc) is 2.71. The molecular formula is C28H37N. The van der Waals surface area contributed by atoms with Gasteiger partial charge in [-0.05, 0) is 62.0 Å². The Morgan fingerprint density at radius 3 is 1.76 bits per heavy atom. The van der Waals surface area contributed by atoms with Gasteiger partial charge in [0, 0.05) is 5.71 Å². The van der Waals surface area contributed by atoms with E-state index in [2.05, 4.69) is 49.6 Å². The summed E-state index contributed by atoms with van der Waals surface area (Å²) in [4.78, 5) is 0. The second-order valence-electron chi connectivity index (χ2n) is 6.72. The van der Waals surface area contributed by atoms with Crippen molar-refractivity contribution in [1.29, 1.82) is 5.41 Å². The topological polar surface area (TPSA) is 23.9 Å².